The molecule has 0 radical (unpaired) electrons. The van der Waals surface area contributed by atoms with E-state index in [1.807, 2.05) is 0 Å². The zero-order valence-corrected chi connectivity index (χ0v) is 16.5. The van der Waals surface area contributed by atoms with Crippen molar-refractivity contribution in [2.75, 3.05) is 6.61 Å². The summed E-state index contributed by atoms with van der Waals surface area (Å²) >= 11 is 0. The summed E-state index contributed by atoms with van der Waals surface area (Å²) in [5.74, 6) is -3.67. The van der Waals surface area contributed by atoms with E-state index in [-0.39, 0.29) is 12.3 Å². The molecule has 0 spiro atoms. The largest absolute Gasteiger partial charge is 0.480 e. The van der Waals surface area contributed by atoms with E-state index in [0.717, 1.165) is 0 Å². The summed E-state index contributed by atoms with van der Waals surface area (Å²) in [5, 5.41) is 25.4. The summed E-state index contributed by atoms with van der Waals surface area (Å²) in [7, 11) is 0. The number of carbonyl (C=O) groups excluding carboxylic acids is 3. The average Bonchev–Trinajstić information content (AvgIpc) is 3.16. The van der Waals surface area contributed by atoms with Gasteiger partial charge in [-0.05, 0) is 12.8 Å². The maximum atomic E-state index is 12.7. The third kappa shape index (κ3) is 7.50. The number of aliphatic hydroxyl groups is 1. The fraction of sp³-hybridized carbons (Fsp3) is 0.588. The van der Waals surface area contributed by atoms with E-state index in [2.05, 4.69) is 25.9 Å². The molecule has 1 aromatic rings. The minimum Gasteiger partial charge on any atom is -0.480 e. The number of carboxylic acids is 1. The van der Waals surface area contributed by atoms with E-state index in [4.69, 9.17) is 10.8 Å². The Morgan fingerprint density at radius 3 is 2.24 bits per heavy atom. The van der Waals surface area contributed by atoms with Gasteiger partial charge in [-0.3, -0.25) is 14.4 Å². The molecule has 8 N–H and O–H groups in total. The van der Waals surface area contributed by atoms with Crippen molar-refractivity contribution in [1.29, 1.82) is 0 Å². The molecule has 12 nitrogen and oxygen atoms in total. The van der Waals surface area contributed by atoms with Crippen molar-refractivity contribution < 1.29 is 29.4 Å². The van der Waals surface area contributed by atoms with Gasteiger partial charge in [0.25, 0.3) is 0 Å². The van der Waals surface area contributed by atoms with Gasteiger partial charge in [0.05, 0.1) is 12.9 Å². The summed E-state index contributed by atoms with van der Waals surface area (Å²) in [6.45, 7) is 4.08. The molecule has 1 heterocycles. The molecule has 0 saturated carbocycles. The molecule has 0 aliphatic rings. The molecular formula is C17H28N6O6. The minimum atomic E-state index is -1.20. The number of rotatable bonds is 11. The van der Waals surface area contributed by atoms with Crippen LogP contribution in [0.1, 0.15) is 26.5 Å². The molecule has 29 heavy (non-hydrogen) atoms. The molecule has 0 saturated heterocycles. The number of hydrogen-bond donors (Lipinski definition) is 7. The van der Waals surface area contributed by atoms with Crippen molar-refractivity contribution in [3.63, 3.8) is 0 Å². The van der Waals surface area contributed by atoms with E-state index in [1.54, 1.807) is 13.8 Å². The zero-order valence-electron chi connectivity index (χ0n) is 16.5. The Kier molecular flexibility index (Phi) is 9.22. The highest BCUT2D eigenvalue weighted by Gasteiger charge is 2.30. The van der Waals surface area contributed by atoms with Crippen LogP contribution in [0.3, 0.4) is 0 Å². The minimum absolute atomic E-state index is 0.0266. The molecule has 4 atom stereocenters. The number of nitrogens with zero attached hydrogens (tertiary/aromatic N) is 1. The van der Waals surface area contributed by atoms with Crippen LogP contribution in [0.15, 0.2) is 12.5 Å². The quantitative estimate of drug-likeness (QED) is 0.206. The van der Waals surface area contributed by atoms with E-state index >= 15 is 0 Å². The molecule has 0 fully saturated rings. The molecule has 162 valence electrons. The van der Waals surface area contributed by atoms with E-state index in [1.165, 1.54) is 19.4 Å². The van der Waals surface area contributed by atoms with Crippen LogP contribution < -0.4 is 21.7 Å². The van der Waals surface area contributed by atoms with Crippen molar-refractivity contribution in [3.05, 3.63) is 18.2 Å². The lowest BCUT2D eigenvalue weighted by Crippen LogP contribution is -2.57. The molecule has 1 aromatic heterocycles. The van der Waals surface area contributed by atoms with Crippen LogP contribution in [0, 0.1) is 5.92 Å². The van der Waals surface area contributed by atoms with Crippen molar-refractivity contribution in [2.24, 2.45) is 11.7 Å². The molecule has 0 bridgehead atoms. The van der Waals surface area contributed by atoms with Crippen LogP contribution >= 0.6 is 0 Å². The topological polar surface area (TPSA) is 200 Å². The van der Waals surface area contributed by atoms with Gasteiger partial charge in [-0.1, -0.05) is 13.8 Å². The lowest BCUT2D eigenvalue weighted by atomic mass is 10.0. The lowest BCUT2D eigenvalue weighted by molar-refractivity contribution is -0.143. The third-order valence-corrected chi connectivity index (χ3v) is 4.13. The number of imidazole rings is 1. The number of carbonyl (C=O) groups is 4. The number of amides is 3. The molecule has 12 heteroatoms. The molecule has 1 rings (SSSR count). The summed E-state index contributed by atoms with van der Waals surface area (Å²) in [4.78, 5) is 54.8. The highest BCUT2D eigenvalue weighted by Crippen LogP contribution is 2.05. The fourth-order valence-corrected chi connectivity index (χ4v) is 2.36. The number of H-pyrrole nitrogens is 1. The second-order valence-corrected chi connectivity index (χ2v) is 6.93. The Balaban J connectivity index is 2.89. The van der Waals surface area contributed by atoms with Gasteiger partial charge >= 0.3 is 5.97 Å². The number of hydrogen-bond acceptors (Lipinski definition) is 7. The van der Waals surface area contributed by atoms with E-state index in [9.17, 15) is 24.3 Å². The van der Waals surface area contributed by atoms with Crippen LogP contribution in [0.4, 0.5) is 0 Å². The van der Waals surface area contributed by atoms with Crippen LogP contribution in [0.2, 0.25) is 0 Å². The Labute approximate surface area is 167 Å². The molecule has 3 amide bonds. The molecular weight excluding hydrogens is 384 g/mol. The Morgan fingerprint density at radius 1 is 1.10 bits per heavy atom. The maximum absolute atomic E-state index is 12.7. The number of nitrogens with one attached hydrogen (secondary N) is 4. The second kappa shape index (κ2) is 11.1. The fourth-order valence-electron chi connectivity index (χ4n) is 2.36. The average molecular weight is 412 g/mol. The Bertz CT molecular complexity index is 707. The van der Waals surface area contributed by atoms with Gasteiger partial charge in [-0.2, -0.15) is 0 Å². The Hall–Kier alpha value is -2.99. The highest BCUT2D eigenvalue weighted by molar-refractivity contribution is 5.94. The summed E-state index contributed by atoms with van der Waals surface area (Å²) in [6, 6.07) is -4.48. The van der Waals surface area contributed by atoms with Crippen molar-refractivity contribution in [1.82, 2.24) is 25.9 Å². The number of aliphatic hydroxyl groups excluding tert-OH is 1. The van der Waals surface area contributed by atoms with Crippen LogP contribution in [0.5, 0.6) is 0 Å². The van der Waals surface area contributed by atoms with Crippen molar-refractivity contribution in [3.8, 4) is 0 Å². The molecule has 0 aromatic carbocycles. The van der Waals surface area contributed by atoms with Crippen molar-refractivity contribution in [2.45, 2.75) is 51.4 Å². The number of carboxylic acid groups (broad SMARTS) is 1. The van der Waals surface area contributed by atoms with Crippen LogP contribution in [-0.4, -0.2) is 74.6 Å². The highest BCUT2D eigenvalue weighted by atomic mass is 16.4. The second-order valence-electron chi connectivity index (χ2n) is 6.93. The number of aromatic nitrogens is 2. The van der Waals surface area contributed by atoms with Gasteiger partial charge < -0.3 is 36.9 Å². The lowest BCUT2D eigenvalue weighted by Gasteiger charge is -2.24. The zero-order chi connectivity index (χ0) is 22.1. The summed E-state index contributed by atoms with van der Waals surface area (Å²) in [5.41, 5.74) is 5.93. The first kappa shape index (κ1) is 24.0. The van der Waals surface area contributed by atoms with Gasteiger partial charge in [-0.25, -0.2) is 9.78 Å². The van der Waals surface area contributed by atoms with Gasteiger partial charge in [0.15, 0.2) is 0 Å². The number of aromatic amines is 1. The first-order valence-electron chi connectivity index (χ1n) is 9.04. The summed E-state index contributed by atoms with van der Waals surface area (Å²) in [6.07, 6.45) is 2.90. The first-order valence-corrected chi connectivity index (χ1v) is 9.04. The Morgan fingerprint density at radius 2 is 1.76 bits per heavy atom. The first-order chi connectivity index (χ1) is 13.6. The van der Waals surface area contributed by atoms with Crippen molar-refractivity contribution >= 4 is 23.7 Å². The van der Waals surface area contributed by atoms with Gasteiger partial charge in [-0.15, -0.1) is 0 Å². The SMILES string of the molecule is CC(NC(=O)C(N)CO)C(=O)NC(Cc1cnc[nH]1)C(=O)NC(C(=O)O)C(C)C. The predicted octanol–water partition coefficient (Wildman–Crippen LogP) is -2.51. The molecule has 0 aliphatic heterocycles. The van der Waals surface area contributed by atoms with E-state index < -0.39 is 54.5 Å². The van der Waals surface area contributed by atoms with Crippen LogP contribution in [-0.2, 0) is 25.6 Å². The van der Waals surface area contributed by atoms with Gasteiger partial charge in [0.2, 0.25) is 17.7 Å². The van der Waals surface area contributed by atoms with E-state index in [0.29, 0.717) is 5.69 Å². The number of aliphatic carboxylic acids is 1. The predicted molar refractivity (Wildman–Crippen MR) is 101 cm³/mol. The summed E-state index contributed by atoms with van der Waals surface area (Å²) < 4.78 is 0. The molecule has 4 unspecified atom stereocenters. The smallest absolute Gasteiger partial charge is 0.326 e. The maximum Gasteiger partial charge on any atom is 0.326 e. The number of nitrogens with two attached hydrogens (primary N) is 1. The monoisotopic (exact) mass is 412 g/mol. The van der Waals surface area contributed by atoms with Crippen LogP contribution in [0.25, 0.3) is 0 Å². The van der Waals surface area contributed by atoms with Gasteiger partial charge in [0.1, 0.15) is 24.2 Å². The normalized spacial score (nSPS) is 15.1. The molecule has 0 aliphatic carbocycles. The standard InChI is InChI=1S/C17H28N6O6/c1-8(2)13(17(28)29)23-16(27)12(4-10-5-19-7-20-10)22-14(25)9(3)21-15(26)11(18)6-24/h5,7-9,11-13,24H,4,6,18H2,1-3H3,(H,19,20)(H,21,26)(H,22,25)(H,23,27)(H,28,29). The third-order valence-electron chi connectivity index (χ3n) is 4.13. The van der Waals surface area contributed by atoms with Gasteiger partial charge in [0, 0.05) is 18.3 Å².